The van der Waals surface area contributed by atoms with Gasteiger partial charge in [0.25, 0.3) is 0 Å². The number of benzene rings is 4. The van der Waals surface area contributed by atoms with Gasteiger partial charge >= 0.3 is 154 Å². The number of rotatable bonds is 4. The first-order valence-electron chi connectivity index (χ1n) is 8.64. The molecule has 4 aromatic rings. The van der Waals surface area contributed by atoms with Crippen LogP contribution in [-0.2, 0) is 0 Å². The first-order chi connectivity index (χ1) is 12.4. The van der Waals surface area contributed by atoms with E-state index in [1.165, 1.54) is 14.3 Å². The first kappa shape index (κ1) is 16.2. The molecule has 0 nitrogen and oxygen atoms in total. The second-order valence-corrected chi connectivity index (χ2v) is 17.1. The number of hydrogen-bond donors (Lipinski definition) is 0. The van der Waals surface area contributed by atoms with Gasteiger partial charge in [-0.3, -0.25) is 0 Å². The van der Waals surface area contributed by atoms with Crippen LogP contribution in [0.25, 0.3) is 0 Å². The molecule has 0 aromatic heterocycles. The molecule has 25 heavy (non-hydrogen) atoms. The van der Waals surface area contributed by atoms with Gasteiger partial charge in [0.05, 0.1) is 0 Å². The Morgan fingerprint density at radius 1 is 0.280 bits per heavy atom. The van der Waals surface area contributed by atoms with Crippen LogP contribution < -0.4 is 14.3 Å². The summed E-state index contributed by atoms with van der Waals surface area (Å²) in [5.41, 5.74) is 0. The van der Waals surface area contributed by atoms with E-state index in [0.717, 1.165) is 0 Å². The Balaban J connectivity index is 2.13. The van der Waals surface area contributed by atoms with Crippen LogP contribution in [0.4, 0.5) is 0 Å². The fourth-order valence-corrected chi connectivity index (χ4v) is 17.4. The van der Waals surface area contributed by atoms with E-state index in [1.54, 1.807) is 0 Å². The van der Waals surface area contributed by atoms with Gasteiger partial charge < -0.3 is 0 Å². The van der Waals surface area contributed by atoms with Crippen LogP contribution in [0.1, 0.15) is 0 Å². The van der Waals surface area contributed by atoms with Crippen LogP contribution in [-0.4, -0.2) is 18.4 Å². The second kappa shape index (κ2) is 7.28. The van der Waals surface area contributed by atoms with E-state index in [9.17, 15) is 0 Å². The van der Waals surface area contributed by atoms with E-state index in [2.05, 4.69) is 121 Å². The van der Waals surface area contributed by atoms with Crippen LogP contribution in [0.5, 0.6) is 0 Å². The predicted molar refractivity (Wildman–Crippen MR) is 110 cm³/mol. The van der Waals surface area contributed by atoms with Crippen molar-refractivity contribution >= 4 is 32.7 Å². The molecule has 0 saturated carbocycles. The molecule has 0 heterocycles. The van der Waals surface area contributed by atoms with Gasteiger partial charge in [0.1, 0.15) is 0 Å². The average molecular weight is 818 g/mol. The van der Waals surface area contributed by atoms with Crippen LogP contribution >= 0.6 is 0 Å². The van der Waals surface area contributed by atoms with E-state index in [4.69, 9.17) is 0 Å². The molecule has 0 atom stereocenters. The van der Waals surface area contributed by atoms with Crippen LogP contribution in [0.3, 0.4) is 0 Å². The van der Waals surface area contributed by atoms with Crippen molar-refractivity contribution in [2.75, 3.05) is 0 Å². The van der Waals surface area contributed by atoms with Crippen molar-refractivity contribution in [3.8, 4) is 0 Å². The molecule has 0 aliphatic carbocycles. The molecule has 0 saturated heterocycles. The maximum absolute atomic E-state index is 3.31. The minimum absolute atomic E-state index is 1.49. The van der Waals surface area contributed by atoms with Gasteiger partial charge in [0, 0.05) is 0 Å². The zero-order valence-electron chi connectivity index (χ0n) is 14.0. The van der Waals surface area contributed by atoms with Crippen molar-refractivity contribution in [3.63, 3.8) is 0 Å². The fourth-order valence-electron chi connectivity index (χ4n) is 3.75. The summed E-state index contributed by atoms with van der Waals surface area (Å²) in [5.74, 6) is 0. The summed E-state index contributed by atoms with van der Waals surface area (Å²) in [7, 11) is 0. The summed E-state index contributed by atoms with van der Waals surface area (Å²) >= 11 is -3.31. The van der Waals surface area contributed by atoms with Gasteiger partial charge in [-0.25, -0.2) is 0 Å². The molecule has 1 heteroatoms. The molecule has 0 radical (unpaired) electrons. The predicted octanol–water partition coefficient (Wildman–Crippen LogP) is 3.06. The zero-order valence-corrected chi connectivity index (χ0v) is 16.9. The second-order valence-electron chi connectivity index (χ2n) is 6.21. The average Bonchev–Trinajstić information content (AvgIpc) is 2.72. The molecule has 0 N–H and O–H groups in total. The van der Waals surface area contributed by atoms with Crippen molar-refractivity contribution in [1.82, 2.24) is 0 Å². The molecule has 4 aromatic carbocycles. The molecule has 120 valence electrons. The topological polar surface area (TPSA) is 0 Å². The Morgan fingerprint density at radius 2 is 0.480 bits per heavy atom. The van der Waals surface area contributed by atoms with E-state index in [-0.39, 0.29) is 0 Å². The van der Waals surface area contributed by atoms with Crippen LogP contribution in [0, 0.1) is 0 Å². The Hall–Kier alpha value is -2.32. The van der Waals surface area contributed by atoms with E-state index >= 15 is 0 Å². The summed E-state index contributed by atoms with van der Waals surface area (Å²) in [6.07, 6.45) is 0. The summed E-state index contributed by atoms with van der Waals surface area (Å²) in [4.78, 5) is 0. The molecular formula is C24H20Sn. The quantitative estimate of drug-likeness (QED) is 0.278. The van der Waals surface area contributed by atoms with Crippen molar-refractivity contribution in [3.05, 3.63) is 121 Å². The Labute approximate surface area is 153 Å². The van der Waals surface area contributed by atoms with Crippen LogP contribution in [0.15, 0.2) is 121 Å². The third kappa shape index (κ3) is 2.91. The molecule has 0 spiro atoms. The van der Waals surface area contributed by atoms with Crippen molar-refractivity contribution < 1.29 is 0 Å². The molecule has 0 bridgehead atoms. The van der Waals surface area contributed by atoms with Crippen LogP contribution in [0.2, 0.25) is 0 Å². The minimum atomic E-state index is -3.31. The summed E-state index contributed by atoms with van der Waals surface area (Å²) in [6.45, 7) is 0. The van der Waals surface area contributed by atoms with E-state index in [0.29, 0.717) is 0 Å². The third-order valence-electron chi connectivity index (χ3n) is 4.83. The Morgan fingerprint density at radius 3 is 0.680 bits per heavy atom. The van der Waals surface area contributed by atoms with Gasteiger partial charge in [-0.1, -0.05) is 0 Å². The SMILES string of the molecule is c1cc[c]([510Sn]([c]2ccccc2)([c]2ccccc2)[c]2ccccc2)cc1. The van der Waals surface area contributed by atoms with Gasteiger partial charge in [-0.2, -0.15) is 0 Å². The van der Waals surface area contributed by atoms with E-state index in [1.807, 2.05) is 0 Å². The monoisotopic (exact) mass is 818 g/mol. The Bertz CT molecular complexity index is 753. The number of hydrogen-bond acceptors (Lipinski definition) is 0. The van der Waals surface area contributed by atoms with Crippen molar-refractivity contribution in [1.29, 1.82) is 0 Å². The fraction of sp³-hybridized carbons (Fsp3) is 0. The molecule has 4 rings (SSSR count). The molecule has 0 aliphatic rings. The van der Waals surface area contributed by atoms with E-state index < -0.39 is 18.4 Å². The standard InChI is InChI=1S/4C6H5.Sn/c4*1-2-4-6-5-3-1;/h4*1-5H;/i;;;;1+32. The first-order valence-corrected chi connectivity index (χ1v) is 14.4. The molecule has 0 unspecified atom stereocenters. The zero-order chi connectivity index (χ0) is 17.0. The van der Waals surface area contributed by atoms with Crippen molar-refractivity contribution in [2.24, 2.45) is 0 Å². The van der Waals surface area contributed by atoms with Gasteiger partial charge in [-0.05, 0) is 0 Å². The molecule has 0 amide bonds. The molecule has 0 aliphatic heterocycles. The van der Waals surface area contributed by atoms with Crippen molar-refractivity contribution in [2.45, 2.75) is 0 Å². The Kier molecular flexibility index (Phi) is 4.71. The normalized spacial score (nSPS) is 11.2. The molecule has 0 fully saturated rings. The van der Waals surface area contributed by atoms with Gasteiger partial charge in [-0.15, -0.1) is 0 Å². The summed E-state index contributed by atoms with van der Waals surface area (Å²) < 4.78 is 5.95. The third-order valence-corrected chi connectivity index (χ3v) is 18.5. The maximum atomic E-state index is 2.32. The summed E-state index contributed by atoms with van der Waals surface area (Å²) in [5, 5.41) is 0. The molecular weight excluding hydrogens is 798 g/mol. The summed E-state index contributed by atoms with van der Waals surface area (Å²) in [6, 6.07) is 44.4. The van der Waals surface area contributed by atoms with Gasteiger partial charge in [0.15, 0.2) is 0 Å². The van der Waals surface area contributed by atoms with Gasteiger partial charge in [0.2, 0.25) is 0 Å².